The fraction of sp³-hybridized carbons (Fsp3) is 0.286. The Bertz CT molecular complexity index is 1690. The quantitative estimate of drug-likeness (QED) is 0.262. The molecule has 0 saturated carbocycles. The molecule has 240 valence electrons. The first kappa shape index (κ1) is 33.6. The van der Waals surface area contributed by atoms with Crippen LogP contribution in [0.5, 0.6) is 11.5 Å². The molecule has 1 aromatic heterocycles. The second kappa shape index (κ2) is 14.2. The zero-order valence-electron chi connectivity index (χ0n) is 24.9. The second-order valence-electron chi connectivity index (χ2n) is 9.73. The fourth-order valence-electron chi connectivity index (χ4n) is 4.43. The summed E-state index contributed by atoms with van der Waals surface area (Å²) < 4.78 is 35.8. The Morgan fingerprint density at radius 2 is 1.62 bits per heavy atom. The third-order valence-electron chi connectivity index (χ3n) is 6.89. The number of hydrogen-bond donors (Lipinski definition) is 3. The van der Waals surface area contributed by atoms with Crippen molar-refractivity contribution in [3.8, 4) is 11.5 Å². The molecule has 45 heavy (non-hydrogen) atoms. The SMILES string of the molecule is C=CC(=O)Nc1cc(N2CCN(S(C)(=O)=O)CC2)ccc1Nc1cc(N(C)C(=O)Nc2c(Cl)c(OC)cc(OC)c2Cl)ncn1. The van der Waals surface area contributed by atoms with E-state index >= 15 is 0 Å². The van der Waals surface area contributed by atoms with E-state index in [1.807, 2.05) is 11.0 Å². The van der Waals surface area contributed by atoms with Crippen LogP contribution in [-0.4, -0.2) is 88.3 Å². The predicted molar refractivity (Wildman–Crippen MR) is 176 cm³/mol. The highest BCUT2D eigenvalue weighted by Crippen LogP contribution is 2.44. The van der Waals surface area contributed by atoms with Gasteiger partial charge in [0.2, 0.25) is 15.9 Å². The summed E-state index contributed by atoms with van der Waals surface area (Å²) in [5.74, 6) is 0.631. The van der Waals surface area contributed by atoms with E-state index in [4.69, 9.17) is 32.7 Å². The standard InChI is InChI=1S/C28H32Cl2N8O6S/c1-6-24(39)34-19-13-17(37-9-11-38(12-10-37)45(5,41)42)7-8-18(19)33-22-15-23(32-16-31-22)36(2)28(40)35-27-25(29)20(43-3)14-21(44-4)26(27)30/h6-8,13-16H,1,9-12H2,2-5H3,(H,34,39)(H,35,40)(H,31,32,33). The molecule has 2 heterocycles. The van der Waals surface area contributed by atoms with Crippen molar-refractivity contribution in [3.63, 3.8) is 0 Å². The molecule has 3 amide bonds. The number of methoxy groups -OCH3 is 2. The highest BCUT2D eigenvalue weighted by atomic mass is 35.5. The van der Waals surface area contributed by atoms with Crippen LogP contribution in [0.4, 0.5) is 39.2 Å². The van der Waals surface area contributed by atoms with Gasteiger partial charge in [0.05, 0.1) is 37.5 Å². The van der Waals surface area contributed by atoms with Gasteiger partial charge in [-0.1, -0.05) is 29.8 Å². The number of carbonyl (C=O) groups excluding carboxylic acids is 2. The number of urea groups is 1. The third kappa shape index (κ3) is 7.86. The Kier molecular flexibility index (Phi) is 10.6. The molecule has 3 N–H and O–H groups in total. The first-order valence-electron chi connectivity index (χ1n) is 13.4. The molecule has 3 aromatic rings. The molecule has 14 nitrogen and oxygen atoms in total. The number of nitrogens with zero attached hydrogens (tertiary/aromatic N) is 5. The van der Waals surface area contributed by atoms with Gasteiger partial charge >= 0.3 is 6.03 Å². The topological polar surface area (TPSA) is 158 Å². The molecule has 0 radical (unpaired) electrons. The van der Waals surface area contributed by atoms with Gasteiger partial charge in [0.15, 0.2) is 0 Å². The monoisotopic (exact) mass is 678 g/mol. The van der Waals surface area contributed by atoms with Gasteiger partial charge < -0.3 is 30.3 Å². The van der Waals surface area contributed by atoms with Crippen LogP contribution < -0.4 is 35.2 Å². The zero-order valence-corrected chi connectivity index (χ0v) is 27.3. The minimum Gasteiger partial charge on any atom is -0.495 e. The van der Waals surface area contributed by atoms with Gasteiger partial charge in [-0.05, 0) is 24.3 Å². The van der Waals surface area contributed by atoms with Crippen LogP contribution in [0.15, 0.2) is 49.3 Å². The van der Waals surface area contributed by atoms with Crippen molar-refractivity contribution < 1.29 is 27.5 Å². The number of benzene rings is 2. The number of hydrogen-bond acceptors (Lipinski definition) is 10. The van der Waals surface area contributed by atoms with Crippen molar-refractivity contribution in [1.82, 2.24) is 14.3 Å². The number of ether oxygens (including phenoxy) is 2. The average Bonchev–Trinajstić information content (AvgIpc) is 3.03. The number of sulfonamides is 1. The molecular formula is C28H32Cl2N8O6S. The maximum Gasteiger partial charge on any atom is 0.327 e. The second-order valence-corrected chi connectivity index (χ2v) is 12.5. The molecule has 0 atom stereocenters. The lowest BCUT2D eigenvalue weighted by Crippen LogP contribution is -2.48. The van der Waals surface area contributed by atoms with E-state index in [0.717, 1.165) is 11.8 Å². The number of piperazine rings is 1. The van der Waals surface area contributed by atoms with Gasteiger partial charge in [-0.3, -0.25) is 9.69 Å². The summed E-state index contributed by atoms with van der Waals surface area (Å²) in [4.78, 5) is 37.2. The number of anilines is 6. The van der Waals surface area contributed by atoms with Gasteiger partial charge in [0, 0.05) is 51.0 Å². The first-order valence-corrected chi connectivity index (χ1v) is 16.0. The molecule has 1 aliphatic rings. The summed E-state index contributed by atoms with van der Waals surface area (Å²) in [6.07, 6.45) is 3.61. The highest BCUT2D eigenvalue weighted by Gasteiger charge is 2.25. The van der Waals surface area contributed by atoms with Crippen molar-refractivity contribution in [2.45, 2.75) is 0 Å². The molecule has 17 heteroatoms. The number of halogens is 2. The first-order chi connectivity index (χ1) is 21.4. The molecule has 1 fully saturated rings. The molecule has 0 aliphatic carbocycles. The maximum atomic E-state index is 13.2. The number of nitrogens with one attached hydrogen (secondary N) is 3. The number of carbonyl (C=O) groups is 2. The summed E-state index contributed by atoms with van der Waals surface area (Å²) in [6, 6.07) is 7.81. The number of amides is 3. The van der Waals surface area contributed by atoms with E-state index in [-0.39, 0.29) is 33.0 Å². The largest absolute Gasteiger partial charge is 0.495 e. The molecule has 2 aromatic carbocycles. The van der Waals surface area contributed by atoms with Gasteiger partial charge in [0.25, 0.3) is 0 Å². The van der Waals surface area contributed by atoms with Crippen molar-refractivity contribution in [2.24, 2.45) is 0 Å². The Morgan fingerprint density at radius 1 is 0.978 bits per heavy atom. The number of rotatable bonds is 10. The van der Waals surface area contributed by atoms with E-state index in [1.165, 1.54) is 55.2 Å². The van der Waals surface area contributed by atoms with Crippen LogP contribution in [0.2, 0.25) is 10.0 Å². The lowest BCUT2D eigenvalue weighted by atomic mass is 10.2. The number of aromatic nitrogens is 2. The van der Waals surface area contributed by atoms with Crippen molar-refractivity contribution >= 4 is 79.5 Å². The zero-order chi connectivity index (χ0) is 32.9. The van der Waals surface area contributed by atoms with Crippen LogP contribution in [0.1, 0.15) is 0 Å². The van der Waals surface area contributed by atoms with E-state index in [0.29, 0.717) is 43.4 Å². The molecule has 0 spiro atoms. The Hall–Kier alpha value is -4.31. The Morgan fingerprint density at radius 3 is 2.20 bits per heavy atom. The van der Waals surface area contributed by atoms with Gasteiger partial charge in [-0.25, -0.2) is 23.2 Å². The summed E-state index contributed by atoms with van der Waals surface area (Å²) in [6.45, 7) is 5.19. The molecule has 1 saturated heterocycles. The van der Waals surface area contributed by atoms with Gasteiger partial charge in [0.1, 0.15) is 39.5 Å². The van der Waals surface area contributed by atoms with Crippen LogP contribution in [0, 0.1) is 0 Å². The third-order valence-corrected chi connectivity index (χ3v) is 8.94. The van der Waals surface area contributed by atoms with Crippen LogP contribution >= 0.6 is 23.2 Å². The van der Waals surface area contributed by atoms with Crippen molar-refractivity contribution in [1.29, 1.82) is 0 Å². The Balaban J connectivity index is 1.55. The average molecular weight is 680 g/mol. The molecule has 0 bridgehead atoms. The van der Waals surface area contributed by atoms with Crippen LogP contribution in [-0.2, 0) is 14.8 Å². The lowest BCUT2D eigenvalue weighted by Gasteiger charge is -2.35. The van der Waals surface area contributed by atoms with E-state index in [1.54, 1.807) is 12.1 Å². The lowest BCUT2D eigenvalue weighted by molar-refractivity contribution is -0.111. The predicted octanol–water partition coefficient (Wildman–Crippen LogP) is 4.42. The van der Waals surface area contributed by atoms with Gasteiger partial charge in [-0.2, -0.15) is 4.31 Å². The maximum absolute atomic E-state index is 13.2. The minimum absolute atomic E-state index is 0.0879. The van der Waals surface area contributed by atoms with Crippen molar-refractivity contribution in [2.75, 3.05) is 79.5 Å². The normalized spacial score (nSPS) is 13.5. The Labute approximate surface area is 271 Å². The van der Waals surface area contributed by atoms with Crippen molar-refractivity contribution in [3.05, 3.63) is 59.4 Å². The highest BCUT2D eigenvalue weighted by molar-refractivity contribution is 7.88. The van der Waals surface area contributed by atoms with Crippen LogP contribution in [0.25, 0.3) is 0 Å². The summed E-state index contributed by atoms with van der Waals surface area (Å²) in [5, 5.41) is 8.78. The van der Waals surface area contributed by atoms with E-state index < -0.39 is 22.0 Å². The van der Waals surface area contributed by atoms with Gasteiger partial charge in [-0.15, -0.1) is 0 Å². The van der Waals surface area contributed by atoms with E-state index in [2.05, 4.69) is 32.5 Å². The summed E-state index contributed by atoms with van der Waals surface area (Å²) in [5.41, 5.74) is 1.83. The summed E-state index contributed by atoms with van der Waals surface area (Å²) >= 11 is 12.8. The molecular weight excluding hydrogens is 647 g/mol. The molecule has 0 unspecified atom stereocenters. The smallest absolute Gasteiger partial charge is 0.327 e. The fourth-order valence-corrected chi connectivity index (χ4v) is 5.85. The minimum atomic E-state index is -3.27. The van der Waals surface area contributed by atoms with E-state index in [9.17, 15) is 18.0 Å². The summed E-state index contributed by atoms with van der Waals surface area (Å²) in [7, 11) is 1.06. The molecule has 1 aliphatic heterocycles. The van der Waals surface area contributed by atoms with Crippen LogP contribution in [0.3, 0.4) is 0 Å². The molecule has 4 rings (SSSR count).